The third-order valence-electron chi connectivity index (χ3n) is 4.49. The maximum absolute atomic E-state index is 11.4. The summed E-state index contributed by atoms with van der Waals surface area (Å²) < 4.78 is 0. The van der Waals surface area contributed by atoms with Crippen molar-refractivity contribution in [3.63, 3.8) is 0 Å². The van der Waals surface area contributed by atoms with E-state index in [2.05, 4.69) is 10.5 Å². The minimum absolute atomic E-state index is 0.105. The van der Waals surface area contributed by atoms with Crippen LogP contribution in [-0.2, 0) is 20.8 Å². The van der Waals surface area contributed by atoms with Crippen LogP contribution in [0, 0.1) is 4.91 Å². The van der Waals surface area contributed by atoms with E-state index in [1.807, 2.05) is 0 Å². The van der Waals surface area contributed by atoms with Gasteiger partial charge in [0.25, 0.3) is 0 Å². The molecule has 0 saturated heterocycles. The second-order valence-corrected chi connectivity index (χ2v) is 7.02. The molecule has 1 unspecified atom stereocenters. The first-order chi connectivity index (χ1) is 14.7. The van der Waals surface area contributed by atoms with Crippen LogP contribution in [-0.4, -0.2) is 101 Å². The summed E-state index contributed by atoms with van der Waals surface area (Å²) in [6, 6.07) is 6.60. The van der Waals surface area contributed by atoms with Gasteiger partial charge in [0.2, 0.25) is 0 Å². The van der Waals surface area contributed by atoms with E-state index in [9.17, 15) is 29.5 Å². The highest BCUT2D eigenvalue weighted by Crippen LogP contribution is 2.13. The predicted molar refractivity (Wildman–Crippen MR) is 113 cm³/mol. The van der Waals surface area contributed by atoms with Crippen molar-refractivity contribution in [3.05, 3.63) is 34.7 Å². The van der Waals surface area contributed by atoms with Gasteiger partial charge in [0.05, 0.1) is 26.2 Å². The molecule has 1 aromatic rings. The third kappa shape index (κ3) is 11.6. The number of anilines is 1. The van der Waals surface area contributed by atoms with Gasteiger partial charge in [0, 0.05) is 37.9 Å². The van der Waals surface area contributed by atoms with Gasteiger partial charge in [-0.15, -0.1) is 0 Å². The highest BCUT2D eigenvalue weighted by atomic mass is 16.4. The molecule has 0 bridgehead atoms. The number of nitrogen functional groups attached to an aromatic ring is 1. The van der Waals surface area contributed by atoms with Gasteiger partial charge in [-0.3, -0.25) is 24.2 Å². The van der Waals surface area contributed by atoms with E-state index in [0.717, 1.165) is 5.56 Å². The molecule has 1 atom stereocenters. The molecule has 0 aliphatic heterocycles. The van der Waals surface area contributed by atoms with Gasteiger partial charge < -0.3 is 26.4 Å². The summed E-state index contributed by atoms with van der Waals surface area (Å²) in [5.74, 6) is -3.18. The maximum atomic E-state index is 11.4. The van der Waals surface area contributed by atoms with E-state index in [1.165, 1.54) is 0 Å². The number of carbonyl (C=O) groups is 3. The Kier molecular flexibility index (Phi) is 11.7. The van der Waals surface area contributed by atoms with Crippen LogP contribution in [0.2, 0.25) is 0 Å². The lowest BCUT2D eigenvalue weighted by Crippen LogP contribution is -2.50. The maximum Gasteiger partial charge on any atom is 0.317 e. The Bertz CT molecular complexity index is 729. The van der Waals surface area contributed by atoms with E-state index in [0.29, 0.717) is 12.1 Å². The first-order valence-corrected chi connectivity index (χ1v) is 9.67. The molecule has 0 saturated carbocycles. The number of benzene rings is 1. The number of hydrogen-bond acceptors (Lipinski definition) is 9. The zero-order valence-corrected chi connectivity index (χ0v) is 17.1. The summed E-state index contributed by atoms with van der Waals surface area (Å²) in [7, 11) is 0. The van der Waals surface area contributed by atoms with Crippen LogP contribution in [0.1, 0.15) is 5.56 Å². The Morgan fingerprint density at radius 3 is 2.19 bits per heavy atom. The molecule has 12 nitrogen and oxygen atoms in total. The number of nitrogens with zero attached hydrogens (tertiary/aromatic N) is 3. The molecule has 0 spiro atoms. The molecule has 0 fully saturated rings. The summed E-state index contributed by atoms with van der Waals surface area (Å²) in [6.07, 6.45) is 0.394. The lowest BCUT2D eigenvalue weighted by atomic mass is 10.0. The highest BCUT2D eigenvalue weighted by molar-refractivity contribution is 5.70. The molecule has 0 aliphatic carbocycles. The Labute approximate surface area is 179 Å². The van der Waals surface area contributed by atoms with Gasteiger partial charge in [-0.05, 0) is 24.1 Å². The molecular formula is C19H29N5O7. The lowest BCUT2D eigenvalue weighted by Gasteiger charge is -2.34. The molecule has 12 heteroatoms. The number of nitroso groups, excluding NO2 is 1. The lowest BCUT2D eigenvalue weighted by molar-refractivity contribution is -0.140. The molecule has 0 aromatic heterocycles. The number of rotatable bonds is 17. The van der Waals surface area contributed by atoms with Crippen LogP contribution >= 0.6 is 0 Å². The monoisotopic (exact) mass is 439 g/mol. The second kappa shape index (κ2) is 14.0. The van der Waals surface area contributed by atoms with Crippen LogP contribution in [0.3, 0.4) is 0 Å². The Morgan fingerprint density at radius 1 is 1.00 bits per heavy atom. The third-order valence-corrected chi connectivity index (χ3v) is 4.49. The number of hydrogen-bond donors (Lipinski definition) is 5. The smallest absolute Gasteiger partial charge is 0.317 e. The average Bonchev–Trinajstić information content (AvgIpc) is 2.68. The standard InChI is InChI=1S/C19H29N5O7/c20-15-3-1-14(2-4-15)9-16(24(8-6-22-31)13-19(29)30)11-23(12-18(27)28)7-5-21-10-17(25)26/h1-4,16,21H,5-13,20H2,(H,25,26)(H,27,28)(H,29,30). The summed E-state index contributed by atoms with van der Waals surface area (Å²) in [6.45, 7) is -0.234. The van der Waals surface area contributed by atoms with E-state index >= 15 is 0 Å². The first-order valence-electron chi connectivity index (χ1n) is 9.67. The fraction of sp³-hybridized carbons (Fsp3) is 0.526. The molecule has 172 valence electrons. The fourth-order valence-corrected chi connectivity index (χ4v) is 3.13. The van der Waals surface area contributed by atoms with Gasteiger partial charge >= 0.3 is 17.9 Å². The van der Waals surface area contributed by atoms with Gasteiger partial charge in [0.1, 0.15) is 0 Å². The van der Waals surface area contributed by atoms with Crippen LogP contribution < -0.4 is 11.1 Å². The normalized spacial score (nSPS) is 12.1. The summed E-state index contributed by atoms with van der Waals surface area (Å²) in [5.41, 5.74) is 7.16. The SMILES string of the molecule is Nc1ccc(CC(CN(CCNCC(=O)O)CC(=O)O)N(CCN=O)CC(=O)O)cc1. The van der Waals surface area contributed by atoms with Crippen molar-refractivity contribution in [2.45, 2.75) is 12.5 Å². The number of nitrogens with two attached hydrogens (primary N) is 1. The minimum atomic E-state index is -1.08. The van der Waals surface area contributed by atoms with Crippen LogP contribution in [0.5, 0.6) is 0 Å². The number of aliphatic carboxylic acids is 3. The second-order valence-electron chi connectivity index (χ2n) is 7.02. The summed E-state index contributed by atoms with van der Waals surface area (Å²) >= 11 is 0. The summed E-state index contributed by atoms with van der Waals surface area (Å²) in [4.78, 5) is 47.1. The number of carboxylic acid groups (broad SMARTS) is 3. The largest absolute Gasteiger partial charge is 0.480 e. The predicted octanol–water partition coefficient (Wildman–Crippen LogP) is -0.606. The molecule has 0 aliphatic rings. The number of nitrogens with one attached hydrogen (secondary N) is 1. The molecule has 1 rings (SSSR count). The molecule has 0 radical (unpaired) electrons. The van der Waals surface area contributed by atoms with Gasteiger partial charge in [-0.2, -0.15) is 4.91 Å². The Hall–Kier alpha value is -3.09. The zero-order chi connectivity index (χ0) is 23.2. The van der Waals surface area contributed by atoms with Crippen molar-refractivity contribution < 1.29 is 29.7 Å². The Balaban J connectivity index is 3.02. The van der Waals surface area contributed by atoms with Gasteiger partial charge in [0.15, 0.2) is 0 Å². The van der Waals surface area contributed by atoms with E-state index in [4.69, 9.17) is 10.8 Å². The molecule has 31 heavy (non-hydrogen) atoms. The molecular weight excluding hydrogens is 410 g/mol. The molecule has 1 aromatic carbocycles. The van der Waals surface area contributed by atoms with Crippen molar-refractivity contribution in [2.24, 2.45) is 5.18 Å². The van der Waals surface area contributed by atoms with E-state index < -0.39 is 23.9 Å². The quantitative estimate of drug-likeness (QED) is 0.118. The molecule has 0 heterocycles. The van der Waals surface area contributed by atoms with Crippen LogP contribution in [0.15, 0.2) is 29.4 Å². The van der Waals surface area contributed by atoms with Crippen LogP contribution in [0.25, 0.3) is 0 Å². The van der Waals surface area contributed by atoms with Crippen molar-refractivity contribution in [1.82, 2.24) is 15.1 Å². The van der Waals surface area contributed by atoms with Crippen molar-refractivity contribution in [2.75, 3.05) is 58.1 Å². The first kappa shape index (κ1) is 25.9. The van der Waals surface area contributed by atoms with Crippen molar-refractivity contribution in [3.8, 4) is 0 Å². The average molecular weight is 439 g/mol. The topological polar surface area (TPSA) is 186 Å². The zero-order valence-electron chi connectivity index (χ0n) is 17.1. The minimum Gasteiger partial charge on any atom is -0.480 e. The Morgan fingerprint density at radius 2 is 1.65 bits per heavy atom. The molecule has 6 N–H and O–H groups in total. The van der Waals surface area contributed by atoms with E-state index in [-0.39, 0.29) is 52.4 Å². The van der Waals surface area contributed by atoms with Crippen molar-refractivity contribution >= 4 is 23.6 Å². The summed E-state index contributed by atoms with van der Waals surface area (Å²) in [5, 5.41) is 32.8. The van der Waals surface area contributed by atoms with Crippen LogP contribution in [0.4, 0.5) is 5.69 Å². The van der Waals surface area contributed by atoms with E-state index in [1.54, 1.807) is 34.1 Å². The number of carboxylic acids is 3. The van der Waals surface area contributed by atoms with Crippen molar-refractivity contribution in [1.29, 1.82) is 0 Å². The van der Waals surface area contributed by atoms with Gasteiger partial charge in [-0.1, -0.05) is 17.3 Å². The molecule has 0 amide bonds. The highest BCUT2D eigenvalue weighted by Gasteiger charge is 2.25. The van der Waals surface area contributed by atoms with Gasteiger partial charge in [-0.25, -0.2) is 0 Å². The fourth-order valence-electron chi connectivity index (χ4n) is 3.13.